The first-order valence-electron chi connectivity index (χ1n) is 5.80. The van der Waals surface area contributed by atoms with Gasteiger partial charge in [0.1, 0.15) is 0 Å². The molecular formula is C10H26S10. The van der Waals surface area contributed by atoms with E-state index in [4.69, 9.17) is 0 Å². The minimum Gasteiger partial charge on any atom is -0.179 e. The second kappa shape index (κ2) is 34.0. The lowest BCUT2D eigenvalue weighted by atomic mass is 10.9. The highest BCUT2D eigenvalue weighted by Crippen LogP contribution is 2.20. The van der Waals surface area contributed by atoms with Gasteiger partial charge < -0.3 is 0 Å². The summed E-state index contributed by atoms with van der Waals surface area (Å²) < 4.78 is 0. The lowest BCUT2D eigenvalue weighted by Crippen LogP contribution is -1.83. The smallest absolute Gasteiger partial charge is 0.0370 e. The van der Waals surface area contributed by atoms with E-state index in [2.05, 4.69) is 75.8 Å². The first-order valence-corrected chi connectivity index (χ1v) is 14.4. The third-order valence-corrected chi connectivity index (χ3v) is 8.05. The highest BCUT2D eigenvalue weighted by Gasteiger charge is 1.84. The van der Waals surface area contributed by atoms with Gasteiger partial charge in [0.05, 0.1) is 0 Å². The van der Waals surface area contributed by atoms with E-state index in [0.717, 1.165) is 56.2 Å². The van der Waals surface area contributed by atoms with Gasteiger partial charge in [-0.3, -0.25) is 0 Å². The van der Waals surface area contributed by atoms with Crippen molar-refractivity contribution in [1.82, 2.24) is 0 Å². The molecule has 0 aliphatic carbocycles. The summed E-state index contributed by atoms with van der Waals surface area (Å²) in [6, 6.07) is 0. The number of hydrogen-bond acceptors (Lipinski definition) is 10. The van der Waals surface area contributed by atoms with Gasteiger partial charge >= 0.3 is 0 Å². The summed E-state index contributed by atoms with van der Waals surface area (Å²) in [5.74, 6) is 8.52. The van der Waals surface area contributed by atoms with Crippen molar-refractivity contribution in [3.05, 3.63) is 0 Å². The minimum absolute atomic E-state index is 0.878. The maximum atomic E-state index is 4.07. The van der Waals surface area contributed by atoms with Crippen molar-refractivity contribution in [2.24, 2.45) is 0 Å². The highest BCUT2D eigenvalue weighted by molar-refractivity contribution is 8.76. The number of hydrogen-bond donors (Lipinski definition) is 6. The Hall–Kier alpha value is 3.50. The maximum absolute atomic E-state index is 4.07. The average Bonchev–Trinajstić information content (AvgIpc) is 2.47. The van der Waals surface area contributed by atoms with Crippen LogP contribution in [-0.2, 0) is 0 Å². The summed E-state index contributed by atoms with van der Waals surface area (Å²) in [4.78, 5) is 0. The fraction of sp³-hybridized carbons (Fsp3) is 1.00. The van der Waals surface area contributed by atoms with Crippen LogP contribution in [0.2, 0.25) is 0 Å². The van der Waals surface area contributed by atoms with Crippen molar-refractivity contribution in [3.63, 3.8) is 0 Å². The third-order valence-electron chi connectivity index (χ3n) is 1.09. The van der Waals surface area contributed by atoms with Gasteiger partial charge in [-0.2, -0.15) is 87.5 Å². The zero-order chi connectivity index (χ0) is 15.9. The Labute approximate surface area is 175 Å². The molecule has 126 valence electrons. The van der Waals surface area contributed by atoms with Crippen molar-refractivity contribution < 1.29 is 0 Å². The summed E-state index contributed by atoms with van der Waals surface area (Å²) in [7, 11) is 3.74. The number of rotatable bonds is 11. The van der Waals surface area contributed by atoms with Crippen LogP contribution in [0.15, 0.2) is 0 Å². The molecule has 0 radical (unpaired) electrons. The van der Waals surface area contributed by atoms with Gasteiger partial charge in [-0.1, -0.05) is 21.6 Å². The molecule has 0 atom stereocenters. The Morgan fingerprint density at radius 3 is 1.00 bits per heavy atom. The van der Waals surface area contributed by atoms with Gasteiger partial charge in [0.15, 0.2) is 0 Å². The van der Waals surface area contributed by atoms with Crippen LogP contribution in [0.25, 0.3) is 0 Å². The summed E-state index contributed by atoms with van der Waals surface area (Å²) in [5, 5.41) is 1.76. The van der Waals surface area contributed by atoms with E-state index in [-0.39, 0.29) is 0 Å². The molecule has 0 aliphatic rings. The van der Waals surface area contributed by atoms with Crippen LogP contribution in [0.5, 0.6) is 0 Å². The Bertz CT molecular complexity index is 115. The molecule has 0 unspecified atom stereocenters. The van der Waals surface area contributed by atoms with Crippen LogP contribution in [-0.4, -0.2) is 56.2 Å². The molecule has 0 saturated carbocycles. The van der Waals surface area contributed by atoms with E-state index in [0.29, 0.717) is 0 Å². The lowest BCUT2D eigenvalue weighted by molar-refractivity contribution is 1.50. The van der Waals surface area contributed by atoms with Gasteiger partial charge in [-0.15, -0.1) is 11.8 Å². The molecule has 0 bridgehead atoms. The van der Waals surface area contributed by atoms with Crippen molar-refractivity contribution in [2.75, 3.05) is 56.2 Å². The fourth-order valence-corrected chi connectivity index (χ4v) is 5.64. The van der Waals surface area contributed by atoms with E-state index < -0.39 is 0 Å². The molecule has 20 heavy (non-hydrogen) atoms. The first-order chi connectivity index (χ1) is 9.74. The predicted molar refractivity (Wildman–Crippen MR) is 133 cm³/mol. The van der Waals surface area contributed by atoms with Crippen molar-refractivity contribution in [2.45, 2.75) is 0 Å². The summed E-state index contributed by atoms with van der Waals surface area (Å²) >= 11 is 27.7. The third kappa shape index (κ3) is 43.0. The second-order valence-corrected chi connectivity index (χ2v) is 10.8. The molecule has 0 fully saturated rings. The highest BCUT2D eigenvalue weighted by atomic mass is 33.1. The molecule has 0 aliphatic heterocycles. The number of thiol groups is 6. The second-order valence-electron chi connectivity index (χ2n) is 2.61. The molecule has 0 spiro atoms. The van der Waals surface area contributed by atoms with Gasteiger partial charge in [0, 0.05) is 44.7 Å². The largest absolute Gasteiger partial charge is 0.179 e. The van der Waals surface area contributed by atoms with Crippen LogP contribution < -0.4 is 0 Å². The molecule has 0 rings (SSSR count). The van der Waals surface area contributed by atoms with Crippen LogP contribution in [0.1, 0.15) is 0 Å². The molecular weight excluding hydrogens is 441 g/mol. The fourth-order valence-electron chi connectivity index (χ4n) is 0.464. The monoisotopic (exact) mass is 466 g/mol. The quantitative estimate of drug-likeness (QED) is 0.106. The van der Waals surface area contributed by atoms with Crippen molar-refractivity contribution >= 4 is 121 Å². The maximum Gasteiger partial charge on any atom is 0.0370 e. The van der Waals surface area contributed by atoms with Crippen LogP contribution in [0.4, 0.5) is 0 Å². The zero-order valence-electron chi connectivity index (χ0n) is 11.4. The molecule has 0 heterocycles. The van der Waals surface area contributed by atoms with Crippen molar-refractivity contribution in [3.8, 4) is 0 Å². The Kier molecular flexibility index (Phi) is 48.1. The zero-order valence-corrected chi connectivity index (χ0v) is 20.0. The first kappa shape index (κ1) is 28.3. The molecule has 0 N–H and O–H groups in total. The summed E-state index contributed by atoms with van der Waals surface area (Å²) in [6.07, 6.45) is 0. The molecule has 0 aromatic heterocycles. The molecule has 0 saturated heterocycles. The van der Waals surface area contributed by atoms with E-state index >= 15 is 0 Å². The predicted octanol–water partition coefficient (Wildman–Crippen LogP) is 5.30. The van der Waals surface area contributed by atoms with Gasteiger partial charge in [-0.25, -0.2) is 0 Å². The van der Waals surface area contributed by atoms with E-state index in [1.54, 1.807) is 11.8 Å². The average molecular weight is 467 g/mol. The van der Waals surface area contributed by atoms with Crippen LogP contribution >= 0.6 is 121 Å². The molecule has 0 aromatic rings. The van der Waals surface area contributed by atoms with E-state index in [9.17, 15) is 0 Å². The van der Waals surface area contributed by atoms with Crippen molar-refractivity contribution in [1.29, 1.82) is 0 Å². The van der Waals surface area contributed by atoms with E-state index in [1.807, 2.05) is 33.3 Å². The Balaban J connectivity index is -0.000000223. The summed E-state index contributed by atoms with van der Waals surface area (Å²) in [6.45, 7) is 0. The normalized spacial score (nSPS) is 9.30. The Morgan fingerprint density at radius 2 is 0.800 bits per heavy atom. The van der Waals surface area contributed by atoms with Gasteiger partial charge in [0.25, 0.3) is 0 Å². The Morgan fingerprint density at radius 1 is 0.450 bits per heavy atom. The minimum atomic E-state index is 0.878. The SMILES string of the molecule is SCCSCCS.SCCSSCCS.SCSCS. The van der Waals surface area contributed by atoms with Crippen LogP contribution in [0.3, 0.4) is 0 Å². The van der Waals surface area contributed by atoms with E-state index in [1.165, 1.54) is 0 Å². The molecule has 0 aromatic carbocycles. The molecule has 10 heteroatoms. The molecule has 0 amide bonds. The topological polar surface area (TPSA) is 0 Å². The van der Waals surface area contributed by atoms with Gasteiger partial charge in [-0.05, 0) is 11.5 Å². The number of thioether (sulfide) groups is 2. The van der Waals surface area contributed by atoms with Crippen LogP contribution in [0, 0.1) is 0 Å². The summed E-state index contributed by atoms with van der Waals surface area (Å²) in [5.41, 5.74) is 0. The van der Waals surface area contributed by atoms with Gasteiger partial charge in [0.2, 0.25) is 0 Å². The standard InChI is InChI=1S/C4H10S4.C4H10S3.C2H6S3/c5-1-3-7-8-4-2-6;5-1-3-7-4-2-6;3-1-5-2-4/h5-6H,1-4H2;5-6H,1-4H2;3-4H,1-2H2. The molecule has 0 nitrogen and oxygen atoms in total. The lowest BCUT2D eigenvalue weighted by Gasteiger charge is -1.93.